The Morgan fingerprint density at radius 2 is 1.76 bits per heavy atom. The van der Waals surface area contributed by atoms with E-state index in [-0.39, 0.29) is 6.04 Å². The highest BCUT2D eigenvalue weighted by atomic mass is 32.2. The summed E-state index contributed by atoms with van der Waals surface area (Å²) in [5, 5.41) is 3.13. The number of hydrogen-bond acceptors (Lipinski definition) is 4. The minimum Gasteiger partial charge on any atom is -0.318 e. The highest BCUT2D eigenvalue weighted by Gasteiger charge is 2.37. The topological polar surface area (TPSA) is 55.9 Å². The quantitative estimate of drug-likeness (QED) is 0.794. The second kappa shape index (κ2) is 7.37. The second-order valence-electron chi connectivity index (χ2n) is 6.35. The van der Waals surface area contributed by atoms with Gasteiger partial charge in [-0.3, -0.25) is 4.90 Å². The van der Waals surface area contributed by atoms with E-state index in [4.69, 9.17) is 0 Å². The summed E-state index contributed by atoms with van der Waals surface area (Å²) in [5.41, 5.74) is 0. The molecule has 0 aromatic rings. The van der Waals surface area contributed by atoms with Crippen LogP contribution < -0.4 is 5.32 Å². The van der Waals surface area contributed by atoms with E-state index in [1.54, 1.807) is 8.61 Å². The number of likely N-dealkylation sites (N-methyl/N-ethyl adjacent to an activating group) is 1. The zero-order chi connectivity index (χ0) is 15.5. The summed E-state index contributed by atoms with van der Waals surface area (Å²) in [7, 11) is -1.42. The Balaban J connectivity index is 2.03. The highest BCUT2D eigenvalue weighted by molar-refractivity contribution is 7.86. The van der Waals surface area contributed by atoms with Gasteiger partial charge in [0.15, 0.2) is 0 Å². The Kier molecular flexibility index (Phi) is 6.02. The molecule has 0 saturated carbocycles. The Bertz CT molecular complexity index is 417. The molecule has 6 nitrogen and oxygen atoms in total. The summed E-state index contributed by atoms with van der Waals surface area (Å²) in [6, 6.07) is 0.596. The van der Waals surface area contributed by atoms with Gasteiger partial charge in [0.1, 0.15) is 0 Å². The monoisotopic (exact) mass is 318 g/mol. The maximum Gasteiger partial charge on any atom is 0.282 e. The molecule has 1 atom stereocenters. The molecule has 2 heterocycles. The number of nitrogens with one attached hydrogen (secondary N) is 1. The van der Waals surface area contributed by atoms with Crippen LogP contribution in [-0.2, 0) is 10.2 Å². The predicted octanol–water partition coefficient (Wildman–Crippen LogP) is 0.331. The van der Waals surface area contributed by atoms with Crippen LogP contribution in [-0.4, -0.2) is 80.3 Å². The molecule has 0 radical (unpaired) electrons. The van der Waals surface area contributed by atoms with Gasteiger partial charge in [-0.25, -0.2) is 0 Å². The SMILES string of the molecule is CNCC1CCCCN1S(=O)(=O)N1CCN(C(C)C)CC1. The van der Waals surface area contributed by atoms with Gasteiger partial charge in [-0.15, -0.1) is 0 Å². The zero-order valence-corrected chi connectivity index (χ0v) is 14.4. The first kappa shape index (κ1) is 17.1. The van der Waals surface area contributed by atoms with Crippen molar-refractivity contribution in [3.8, 4) is 0 Å². The molecule has 2 rings (SSSR count). The number of rotatable bonds is 5. The van der Waals surface area contributed by atoms with Gasteiger partial charge in [0.25, 0.3) is 10.2 Å². The molecule has 7 heteroatoms. The molecule has 0 amide bonds. The molecule has 1 N–H and O–H groups in total. The van der Waals surface area contributed by atoms with E-state index in [1.807, 2.05) is 7.05 Å². The van der Waals surface area contributed by atoms with Crippen molar-refractivity contribution >= 4 is 10.2 Å². The summed E-state index contributed by atoms with van der Waals surface area (Å²) < 4.78 is 29.2. The number of piperazine rings is 1. The van der Waals surface area contributed by atoms with Gasteiger partial charge in [0, 0.05) is 51.4 Å². The molecule has 0 aliphatic carbocycles. The fraction of sp³-hybridized carbons (Fsp3) is 1.00. The Hall–Kier alpha value is -0.210. The van der Waals surface area contributed by atoms with Gasteiger partial charge in [-0.05, 0) is 33.7 Å². The molecule has 0 aromatic carbocycles. The van der Waals surface area contributed by atoms with Crippen molar-refractivity contribution in [1.82, 2.24) is 18.8 Å². The van der Waals surface area contributed by atoms with Gasteiger partial charge in [-0.2, -0.15) is 17.0 Å². The lowest BCUT2D eigenvalue weighted by Gasteiger charge is -2.41. The zero-order valence-electron chi connectivity index (χ0n) is 13.6. The van der Waals surface area contributed by atoms with Crippen LogP contribution in [0.1, 0.15) is 33.1 Å². The van der Waals surface area contributed by atoms with E-state index in [0.717, 1.165) is 38.9 Å². The van der Waals surface area contributed by atoms with Crippen molar-refractivity contribution in [3.63, 3.8) is 0 Å². The van der Waals surface area contributed by atoms with Crippen LogP contribution in [0.3, 0.4) is 0 Å². The second-order valence-corrected chi connectivity index (χ2v) is 8.24. The van der Waals surface area contributed by atoms with Gasteiger partial charge in [0.2, 0.25) is 0 Å². The normalized spacial score (nSPS) is 27.3. The molecule has 21 heavy (non-hydrogen) atoms. The maximum absolute atomic E-state index is 12.9. The smallest absolute Gasteiger partial charge is 0.282 e. The summed E-state index contributed by atoms with van der Waals surface area (Å²) >= 11 is 0. The van der Waals surface area contributed by atoms with Crippen molar-refractivity contribution in [2.24, 2.45) is 0 Å². The fourth-order valence-corrected chi connectivity index (χ4v) is 5.15. The molecular formula is C14H30N4O2S. The van der Waals surface area contributed by atoms with Crippen molar-refractivity contribution in [2.75, 3.05) is 46.3 Å². The van der Waals surface area contributed by atoms with Crippen molar-refractivity contribution in [1.29, 1.82) is 0 Å². The maximum atomic E-state index is 12.9. The van der Waals surface area contributed by atoms with Crippen LogP contribution >= 0.6 is 0 Å². The summed E-state index contributed by atoms with van der Waals surface area (Å²) in [6.45, 7) is 8.63. The number of piperidine rings is 1. The van der Waals surface area contributed by atoms with Crippen LogP contribution in [0.5, 0.6) is 0 Å². The minimum absolute atomic E-state index is 0.108. The Labute approximate surface area is 129 Å². The van der Waals surface area contributed by atoms with Gasteiger partial charge in [-0.1, -0.05) is 6.42 Å². The van der Waals surface area contributed by atoms with Crippen LogP contribution in [0.25, 0.3) is 0 Å². The van der Waals surface area contributed by atoms with E-state index in [2.05, 4.69) is 24.1 Å². The van der Waals surface area contributed by atoms with E-state index in [0.29, 0.717) is 25.7 Å². The standard InChI is InChI=1S/C14H30N4O2S/c1-13(2)16-8-10-17(11-9-16)21(19,20)18-7-5-4-6-14(18)12-15-3/h13-15H,4-12H2,1-3H3. The highest BCUT2D eigenvalue weighted by Crippen LogP contribution is 2.23. The van der Waals surface area contributed by atoms with Crippen LogP contribution in [0.2, 0.25) is 0 Å². The number of nitrogens with zero attached hydrogens (tertiary/aromatic N) is 3. The van der Waals surface area contributed by atoms with Crippen LogP contribution in [0.15, 0.2) is 0 Å². The molecule has 0 spiro atoms. The molecule has 2 saturated heterocycles. The van der Waals surface area contributed by atoms with Crippen molar-refractivity contribution in [2.45, 2.75) is 45.2 Å². The van der Waals surface area contributed by atoms with Crippen LogP contribution in [0.4, 0.5) is 0 Å². The van der Waals surface area contributed by atoms with Gasteiger partial charge < -0.3 is 5.32 Å². The first-order valence-electron chi connectivity index (χ1n) is 8.12. The largest absolute Gasteiger partial charge is 0.318 e. The predicted molar refractivity (Wildman–Crippen MR) is 85.5 cm³/mol. The summed E-state index contributed by atoms with van der Waals surface area (Å²) in [6.07, 6.45) is 3.07. The van der Waals surface area contributed by atoms with Gasteiger partial charge in [0.05, 0.1) is 0 Å². The van der Waals surface area contributed by atoms with Crippen molar-refractivity contribution < 1.29 is 8.42 Å². The average Bonchev–Trinajstić information content (AvgIpc) is 2.48. The van der Waals surface area contributed by atoms with Crippen LogP contribution in [0, 0.1) is 0 Å². The minimum atomic E-state index is -3.31. The molecule has 2 aliphatic heterocycles. The van der Waals surface area contributed by atoms with Crippen molar-refractivity contribution in [3.05, 3.63) is 0 Å². The molecular weight excluding hydrogens is 288 g/mol. The van der Waals surface area contributed by atoms with E-state index < -0.39 is 10.2 Å². The Morgan fingerprint density at radius 3 is 2.33 bits per heavy atom. The first-order valence-corrected chi connectivity index (χ1v) is 9.52. The van der Waals surface area contributed by atoms with E-state index >= 15 is 0 Å². The lowest BCUT2D eigenvalue weighted by atomic mass is 10.1. The molecule has 1 unspecified atom stereocenters. The lowest BCUT2D eigenvalue weighted by Crippen LogP contribution is -2.58. The molecule has 2 fully saturated rings. The van der Waals surface area contributed by atoms with E-state index in [9.17, 15) is 8.42 Å². The Morgan fingerprint density at radius 1 is 1.10 bits per heavy atom. The molecule has 0 bridgehead atoms. The number of hydrogen-bond donors (Lipinski definition) is 1. The third kappa shape index (κ3) is 3.96. The molecule has 0 aromatic heterocycles. The third-order valence-electron chi connectivity index (χ3n) is 4.64. The third-order valence-corrected chi connectivity index (χ3v) is 6.73. The fourth-order valence-electron chi connectivity index (χ4n) is 3.32. The average molecular weight is 318 g/mol. The van der Waals surface area contributed by atoms with Gasteiger partial charge >= 0.3 is 0 Å². The molecule has 2 aliphatic rings. The summed E-state index contributed by atoms with van der Waals surface area (Å²) in [5.74, 6) is 0. The first-order chi connectivity index (χ1) is 9.96. The summed E-state index contributed by atoms with van der Waals surface area (Å²) in [4.78, 5) is 2.34. The lowest BCUT2D eigenvalue weighted by molar-refractivity contribution is 0.143. The van der Waals surface area contributed by atoms with E-state index in [1.165, 1.54) is 0 Å². The molecule has 124 valence electrons.